The molecule has 0 N–H and O–H groups in total. The Balaban J connectivity index is 1.39. The zero-order valence-corrected chi connectivity index (χ0v) is 36.7. The van der Waals surface area contributed by atoms with Crippen molar-refractivity contribution in [2.75, 3.05) is 4.90 Å². The number of anilines is 3. The first-order valence-corrected chi connectivity index (χ1v) is 21.3. The quantitative estimate of drug-likeness (QED) is 0.167. The summed E-state index contributed by atoms with van der Waals surface area (Å²) in [5.74, 6) is 0. The number of fused-ring (bicyclic) bond motifs is 7. The van der Waals surface area contributed by atoms with Crippen molar-refractivity contribution in [1.29, 1.82) is 0 Å². The first-order valence-electron chi connectivity index (χ1n) is 21.3. The van der Waals surface area contributed by atoms with E-state index in [9.17, 15) is 0 Å². The Morgan fingerprint density at radius 3 is 1.93 bits per heavy atom. The molecule has 1 aliphatic carbocycles. The highest BCUT2D eigenvalue weighted by atomic mass is 16.3. The first-order chi connectivity index (χ1) is 26.7. The molecule has 6 aromatic rings. The molecule has 290 valence electrons. The maximum atomic E-state index is 7.51. The van der Waals surface area contributed by atoms with Gasteiger partial charge in [0, 0.05) is 28.0 Å². The van der Waals surface area contributed by atoms with E-state index in [-0.39, 0.29) is 28.4 Å². The van der Waals surface area contributed by atoms with Gasteiger partial charge < -0.3 is 9.32 Å². The lowest BCUT2D eigenvalue weighted by molar-refractivity contribution is 0.332. The molecule has 0 unspecified atom stereocenters. The molecule has 2 nitrogen and oxygen atoms in total. The molecular weight excluding hydrogens is 689 g/mol. The molecule has 0 spiro atoms. The van der Waals surface area contributed by atoms with Crippen molar-refractivity contribution in [1.82, 2.24) is 0 Å². The summed E-state index contributed by atoms with van der Waals surface area (Å²) >= 11 is 0. The molecule has 5 aromatic carbocycles. The molecular formula is C54H60BNO. The Bertz CT molecular complexity index is 2650. The van der Waals surface area contributed by atoms with Gasteiger partial charge in [0.15, 0.2) is 0 Å². The minimum absolute atomic E-state index is 0.0176. The van der Waals surface area contributed by atoms with E-state index in [0.29, 0.717) is 0 Å². The van der Waals surface area contributed by atoms with Crippen LogP contribution in [0.25, 0.3) is 22.6 Å². The molecule has 3 aliphatic rings. The maximum Gasteiger partial charge on any atom is 0.293 e. The van der Waals surface area contributed by atoms with E-state index >= 15 is 0 Å². The number of nitrogens with zero attached hydrogens (tertiary/aromatic N) is 1. The second kappa shape index (κ2) is 12.6. The predicted molar refractivity (Wildman–Crippen MR) is 247 cm³/mol. The van der Waals surface area contributed by atoms with E-state index in [0.717, 1.165) is 17.7 Å². The Morgan fingerprint density at radius 2 is 1.28 bits per heavy atom. The van der Waals surface area contributed by atoms with E-state index < -0.39 is 0 Å². The van der Waals surface area contributed by atoms with Gasteiger partial charge in [0.25, 0.3) is 6.71 Å². The highest BCUT2D eigenvalue weighted by Crippen LogP contribution is 2.49. The third kappa shape index (κ3) is 6.14. The molecule has 0 radical (unpaired) electrons. The number of aryl methyl sites for hydroxylation is 3. The lowest BCUT2D eigenvalue weighted by Crippen LogP contribution is -2.58. The zero-order chi connectivity index (χ0) is 40.6. The average Bonchev–Trinajstić information content (AvgIpc) is 3.43. The van der Waals surface area contributed by atoms with Crippen LogP contribution in [-0.2, 0) is 28.1 Å². The van der Waals surface area contributed by atoms with Crippen LogP contribution in [0.3, 0.4) is 0 Å². The minimum Gasteiger partial charge on any atom is -0.470 e. The van der Waals surface area contributed by atoms with Crippen molar-refractivity contribution in [3.8, 4) is 0 Å². The number of benzene rings is 5. The van der Waals surface area contributed by atoms with Gasteiger partial charge in [-0.05, 0) is 153 Å². The lowest BCUT2D eigenvalue weighted by Gasteiger charge is -2.41. The van der Waals surface area contributed by atoms with Crippen LogP contribution in [0, 0.1) is 20.8 Å². The van der Waals surface area contributed by atoms with Gasteiger partial charge in [0.1, 0.15) is 5.58 Å². The van der Waals surface area contributed by atoms with Crippen LogP contribution in [0.4, 0.5) is 17.1 Å². The predicted octanol–water partition coefficient (Wildman–Crippen LogP) is 12.7. The Hall–Kier alpha value is -4.76. The van der Waals surface area contributed by atoms with Gasteiger partial charge in [-0.3, -0.25) is 0 Å². The molecule has 2 aliphatic heterocycles. The van der Waals surface area contributed by atoms with Crippen molar-refractivity contribution < 1.29 is 4.42 Å². The van der Waals surface area contributed by atoms with E-state index in [2.05, 4.69) is 186 Å². The highest BCUT2D eigenvalue weighted by molar-refractivity contribution is 6.98. The molecule has 0 saturated carbocycles. The van der Waals surface area contributed by atoms with Crippen LogP contribution in [0.5, 0.6) is 0 Å². The molecule has 0 saturated heterocycles. The van der Waals surface area contributed by atoms with E-state index in [1.807, 2.05) is 0 Å². The highest BCUT2D eigenvalue weighted by Gasteiger charge is 2.45. The second-order valence-corrected chi connectivity index (χ2v) is 21.2. The van der Waals surface area contributed by atoms with Crippen LogP contribution in [0.1, 0.15) is 138 Å². The van der Waals surface area contributed by atoms with Gasteiger partial charge in [0.2, 0.25) is 0 Å². The molecule has 3 heteroatoms. The van der Waals surface area contributed by atoms with Crippen LogP contribution in [-0.4, -0.2) is 6.71 Å². The Kier molecular flexibility index (Phi) is 8.37. The number of rotatable bonds is 3. The largest absolute Gasteiger partial charge is 0.470 e. The molecule has 0 fully saturated rings. The van der Waals surface area contributed by atoms with Crippen LogP contribution >= 0.6 is 0 Å². The molecule has 9 rings (SSSR count). The third-order valence-electron chi connectivity index (χ3n) is 13.7. The van der Waals surface area contributed by atoms with Crippen molar-refractivity contribution >= 4 is 63.0 Å². The van der Waals surface area contributed by atoms with E-state index in [1.54, 1.807) is 0 Å². The standard InChI is InChI=1S/C54H60BNO/c1-32-14-20-44(34(3)24-32)56-45-21-19-39(52(7,8)9)29-43(45)55-49-37(25-33(2)26-46(49)56)28-36(27-35-15-17-38(18-16-35)51(4,5)6)48-40-30-41-42(31-47(40)57-50(48)55)54(12,13)23-22-53(41,10)11/h14-21,24-26,28-31H,22-23,27H2,1-13H3. The maximum absolute atomic E-state index is 7.51. The SMILES string of the molecule is Cc1ccc(N2c3ccc(C(C)(C)C)cc3B3c4oc5cc6c(cc5c4C(Cc4ccc(C(C)(C)C)cc4)=Cc4cc(C)cc2c43)C(C)(C)CCC6(C)C)c(C)c1. The molecule has 3 heterocycles. The monoisotopic (exact) mass is 749 g/mol. The summed E-state index contributed by atoms with van der Waals surface area (Å²) in [6, 6.07) is 33.4. The number of hydrogen-bond donors (Lipinski definition) is 0. The number of hydrogen-bond acceptors (Lipinski definition) is 2. The zero-order valence-electron chi connectivity index (χ0n) is 36.7. The van der Waals surface area contributed by atoms with Crippen molar-refractivity contribution in [2.24, 2.45) is 0 Å². The van der Waals surface area contributed by atoms with Gasteiger partial charge in [-0.1, -0.05) is 135 Å². The fourth-order valence-corrected chi connectivity index (χ4v) is 10.2. The molecule has 0 amide bonds. The van der Waals surface area contributed by atoms with Gasteiger partial charge in [-0.2, -0.15) is 0 Å². The molecule has 57 heavy (non-hydrogen) atoms. The fourth-order valence-electron chi connectivity index (χ4n) is 10.2. The fraction of sp³-hybridized carbons (Fsp3) is 0.370. The average molecular weight is 750 g/mol. The summed E-state index contributed by atoms with van der Waals surface area (Å²) in [6.45, 7) is 30.3. The topological polar surface area (TPSA) is 16.4 Å². The molecule has 1 aromatic heterocycles. The Morgan fingerprint density at radius 1 is 0.649 bits per heavy atom. The summed E-state index contributed by atoms with van der Waals surface area (Å²) in [5.41, 5.74) is 23.4. The Labute approximate surface area is 342 Å². The summed E-state index contributed by atoms with van der Waals surface area (Å²) < 4.78 is 7.51. The van der Waals surface area contributed by atoms with Crippen LogP contribution in [0.15, 0.2) is 89.3 Å². The van der Waals surface area contributed by atoms with Gasteiger partial charge in [-0.15, -0.1) is 0 Å². The minimum atomic E-state index is -0.0765. The molecule has 0 atom stereocenters. The van der Waals surface area contributed by atoms with Crippen LogP contribution < -0.4 is 21.5 Å². The number of furan rings is 1. The smallest absolute Gasteiger partial charge is 0.293 e. The van der Waals surface area contributed by atoms with Crippen molar-refractivity contribution in [3.05, 3.63) is 141 Å². The van der Waals surface area contributed by atoms with Gasteiger partial charge in [0.05, 0.1) is 5.66 Å². The summed E-state index contributed by atoms with van der Waals surface area (Å²) in [7, 11) is 0. The second-order valence-electron chi connectivity index (χ2n) is 21.2. The van der Waals surface area contributed by atoms with E-state index in [4.69, 9.17) is 4.42 Å². The summed E-state index contributed by atoms with van der Waals surface area (Å²) in [4.78, 5) is 2.55. The first kappa shape index (κ1) is 37.8. The lowest BCUT2D eigenvalue weighted by atomic mass is 9.36. The van der Waals surface area contributed by atoms with Crippen LogP contribution in [0.2, 0.25) is 0 Å². The summed E-state index contributed by atoms with van der Waals surface area (Å²) in [6.07, 6.45) is 5.70. The number of allylic oxidation sites excluding steroid dienone is 1. The summed E-state index contributed by atoms with van der Waals surface area (Å²) in [5, 5.41) is 1.25. The van der Waals surface area contributed by atoms with Gasteiger partial charge in [-0.25, -0.2) is 0 Å². The van der Waals surface area contributed by atoms with Gasteiger partial charge >= 0.3 is 0 Å². The van der Waals surface area contributed by atoms with E-state index in [1.165, 1.54) is 107 Å². The molecule has 0 bridgehead atoms. The third-order valence-corrected chi connectivity index (χ3v) is 13.7. The van der Waals surface area contributed by atoms with Crippen molar-refractivity contribution in [2.45, 2.75) is 131 Å². The van der Waals surface area contributed by atoms with Crippen molar-refractivity contribution in [3.63, 3.8) is 0 Å². The normalized spacial score (nSPS) is 16.8.